The Bertz CT molecular complexity index is 924. The summed E-state index contributed by atoms with van der Waals surface area (Å²) in [6.45, 7) is 5.29. The maximum Gasteiger partial charge on any atom is 1.00 e. The van der Waals surface area contributed by atoms with Crippen molar-refractivity contribution in [1.82, 2.24) is 15.3 Å². The minimum Gasteiger partial charge on any atom is -0.793 e. The minimum absolute atomic E-state index is 0. The van der Waals surface area contributed by atoms with Crippen molar-refractivity contribution in [3.8, 4) is 24.7 Å². The van der Waals surface area contributed by atoms with Crippen molar-refractivity contribution in [2.75, 3.05) is 13.1 Å². The van der Waals surface area contributed by atoms with Gasteiger partial charge in [0.1, 0.15) is 6.29 Å². The fourth-order valence-electron chi connectivity index (χ4n) is 1.34. The molecule has 11 nitrogen and oxygen atoms in total. The van der Waals surface area contributed by atoms with Crippen molar-refractivity contribution < 1.29 is 63.2 Å². The zero-order valence-electron chi connectivity index (χ0n) is 21.4. The number of carbonyl (C=O) groups excluding carboxylic acids is 4. The van der Waals surface area contributed by atoms with Gasteiger partial charge in [0.25, 0.3) is 0 Å². The van der Waals surface area contributed by atoms with Gasteiger partial charge in [0.15, 0.2) is 0 Å². The van der Waals surface area contributed by atoms with Gasteiger partial charge in [-0.15, -0.1) is 12.8 Å². The predicted molar refractivity (Wildman–Crippen MR) is 133 cm³/mol. The molecule has 0 saturated carbocycles. The van der Waals surface area contributed by atoms with Crippen LogP contribution in [0.25, 0.3) is 0 Å². The van der Waals surface area contributed by atoms with E-state index in [1.165, 1.54) is 12.5 Å². The molecule has 0 fully saturated rings. The third kappa shape index (κ3) is 40.0. The molecule has 0 atom stereocenters. The summed E-state index contributed by atoms with van der Waals surface area (Å²) in [5.74, 6) is 2.97. The number of pyridine rings is 2. The summed E-state index contributed by atoms with van der Waals surface area (Å²) in [6.07, 6.45) is 17.2. The van der Waals surface area contributed by atoms with Crippen LogP contribution in [0.2, 0.25) is 0 Å². The number of aromatic nitrogens is 2. The Kier molecular flexibility index (Phi) is 35.7. The van der Waals surface area contributed by atoms with E-state index in [4.69, 9.17) is 12.2 Å². The van der Waals surface area contributed by atoms with Gasteiger partial charge in [0.2, 0.25) is 5.97 Å². The van der Waals surface area contributed by atoms with E-state index in [1.807, 2.05) is 12.1 Å². The molecule has 3 radical (unpaired) electrons. The Morgan fingerprint density at radius 3 is 1.62 bits per heavy atom. The van der Waals surface area contributed by atoms with Crippen LogP contribution >= 0.6 is 0 Å². The van der Waals surface area contributed by atoms with E-state index in [0.29, 0.717) is 18.7 Å². The van der Waals surface area contributed by atoms with Crippen LogP contribution < -0.4 is 40.6 Å². The van der Waals surface area contributed by atoms with Crippen molar-refractivity contribution in [2.24, 2.45) is 5.73 Å². The third-order valence-electron chi connectivity index (χ3n) is 2.71. The number of hydrogen-bond acceptors (Lipinski definition) is 11. The summed E-state index contributed by atoms with van der Waals surface area (Å²) in [5.41, 5.74) is 6.66. The average Bonchev–Trinajstić information content (AvgIpc) is 2.90. The van der Waals surface area contributed by atoms with Crippen LogP contribution in [-0.4, -0.2) is 55.3 Å². The molecule has 0 bridgehead atoms. The number of nitrogens with zero attached hydrogens (tertiary/aromatic N) is 2. The molecule has 3 N–H and O–H groups in total. The van der Waals surface area contributed by atoms with Crippen molar-refractivity contribution >= 4 is 32.2 Å². The van der Waals surface area contributed by atoms with E-state index in [2.05, 4.69) is 56.0 Å². The number of nitrogens with one attached hydrogen (secondary N) is 1. The Hall–Kier alpha value is -3.52. The number of nitrogens with two attached hydrogens (primary N) is 1. The summed E-state index contributed by atoms with van der Waals surface area (Å²) >= 11 is 0. The second-order valence-electron chi connectivity index (χ2n) is 5.73. The molecule has 0 aliphatic carbocycles. The summed E-state index contributed by atoms with van der Waals surface area (Å²) in [6, 6.07) is 7.24. The molecule has 0 saturated heterocycles. The monoisotopic (exact) mass is 519 g/mol. The molecule has 2 heterocycles. The Labute approximate surface area is 240 Å². The third-order valence-corrected chi connectivity index (χ3v) is 2.71. The molecule has 2 aromatic rings. The number of terminal acetylenes is 2. The zero-order valence-corrected chi connectivity index (χ0v) is 23.4. The van der Waals surface area contributed by atoms with Crippen LogP contribution in [0, 0.1) is 24.7 Å². The first kappa shape index (κ1) is 40.6. The van der Waals surface area contributed by atoms with Gasteiger partial charge in [-0.25, -0.2) is 19.4 Å². The summed E-state index contributed by atoms with van der Waals surface area (Å²) in [7, 11) is 4.32. The molecule has 2 aromatic heterocycles. The summed E-state index contributed by atoms with van der Waals surface area (Å²) in [4.78, 5) is 54.4. The quantitative estimate of drug-likeness (QED) is 0.114. The van der Waals surface area contributed by atoms with Gasteiger partial charge in [0, 0.05) is 57.7 Å². The zero-order chi connectivity index (χ0) is 28.0. The predicted octanol–water partition coefficient (Wildman–Crippen LogP) is -2.06. The fourth-order valence-corrected chi connectivity index (χ4v) is 1.34. The van der Waals surface area contributed by atoms with Gasteiger partial charge in [-0.2, -0.15) is 0 Å². The average molecular weight is 519 g/mol. The van der Waals surface area contributed by atoms with Crippen LogP contribution in [0.3, 0.4) is 0 Å². The smallest absolute Gasteiger partial charge is 0.793 e. The Morgan fingerprint density at radius 2 is 1.35 bits per heavy atom. The number of rotatable bonds is 4. The Morgan fingerprint density at radius 1 is 0.946 bits per heavy atom. The van der Waals surface area contributed by atoms with E-state index in [1.54, 1.807) is 36.9 Å². The number of hydrogen-bond donors (Lipinski definition) is 2. The first-order valence-corrected chi connectivity index (χ1v) is 9.93. The maximum absolute atomic E-state index is 9.98. The molecule has 37 heavy (non-hydrogen) atoms. The van der Waals surface area contributed by atoms with Gasteiger partial charge in [-0.3, -0.25) is 19.6 Å². The molecular weight excluding hydrogens is 490 g/mol. The second-order valence-corrected chi connectivity index (χ2v) is 5.73. The minimum atomic E-state index is -0.639. The van der Waals surface area contributed by atoms with Gasteiger partial charge in [-0.05, 0) is 29.8 Å². The second kappa shape index (κ2) is 32.5. The van der Waals surface area contributed by atoms with Crippen molar-refractivity contribution in [3.05, 3.63) is 60.2 Å². The summed E-state index contributed by atoms with van der Waals surface area (Å²) in [5, 5.41) is 3.09. The van der Waals surface area contributed by atoms with Crippen LogP contribution in [0.5, 0.6) is 0 Å². The topological polar surface area (TPSA) is 160 Å². The van der Waals surface area contributed by atoms with Crippen molar-refractivity contribution in [2.45, 2.75) is 27.3 Å². The first-order chi connectivity index (χ1) is 17.2. The standard InChI is InChI=1S/C9H10N2.C6H5NO.C4H6O4.C3H5N.C2H3BO2.Na/c1-2-5-11-8-9-3-6-10-7-4-9;8-5-6-1-3-7-4-2-6;1-3(5)7-8-4(2)6;1-2-3-4;1-2(4)5-3;/h1,3-4,6-7,11H,5,8H2;1-5H;1-2H3;1H,3-4H2;1H3;/q;;;;-1;+1. The van der Waals surface area contributed by atoms with E-state index >= 15 is 0 Å². The fraction of sp³-hybridized carbons (Fsp3) is 0.250. The normalized spacial score (nSPS) is 7.65. The Balaban J connectivity index is -0.000000191. The molecule has 0 aromatic carbocycles. The SMILES string of the molecule is C#CCN.C#CCNCc1ccncc1.CC(=O)OOC(C)=O.O=Cc1ccncc1.[B-]OC(C)=O.[Na+]. The number of aldehydes is 1. The molecule has 0 aliphatic rings. The van der Waals surface area contributed by atoms with Crippen LogP contribution in [-0.2, 0) is 35.4 Å². The molecule has 0 spiro atoms. The van der Waals surface area contributed by atoms with Gasteiger partial charge in [0.05, 0.1) is 13.1 Å². The van der Waals surface area contributed by atoms with Gasteiger partial charge < -0.3 is 23.8 Å². The molecular formula is C24H29BN4NaO7. The van der Waals surface area contributed by atoms with Crippen molar-refractivity contribution in [1.29, 1.82) is 0 Å². The molecule has 13 heteroatoms. The molecule has 191 valence electrons. The molecule has 0 aliphatic heterocycles. The van der Waals surface area contributed by atoms with E-state index < -0.39 is 17.9 Å². The van der Waals surface area contributed by atoms with E-state index in [-0.39, 0.29) is 29.6 Å². The van der Waals surface area contributed by atoms with Crippen LogP contribution in [0.15, 0.2) is 49.1 Å². The molecule has 0 amide bonds. The van der Waals surface area contributed by atoms with Gasteiger partial charge >= 0.3 is 41.5 Å². The van der Waals surface area contributed by atoms with Crippen molar-refractivity contribution in [3.63, 3.8) is 0 Å². The van der Waals surface area contributed by atoms with E-state index in [0.717, 1.165) is 26.7 Å². The maximum atomic E-state index is 9.98. The largest absolute Gasteiger partial charge is 1.00 e. The molecule has 0 unspecified atom stereocenters. The summed E-state index contributed by atoms with van der Waals surface area (Å²) < 4.78 is 3.61. The van der Waals surface area contributed by atoms with Gasteiger partial charge in [-0.1, -0.05) is 11.8 Å². The first-order valence-electron chi connectivity index (χ1n) is 9.93. The van der Waals surface area contributed by atoms with Crippen LogP contribution in [0.1, 0.15) is 36.7 Å². The van der Waals surface area contributed by atoms with Crippen LogP contribution in [0.4, 0.5) is 0 Å². The number of carbonyl (C=O) groups is 4. The van der Waals surface area contributed by atoms with E-state index in [9.17, 15) is 19.2 Å². The molecule has 2 rings (SSSR count).